The number of pyridine rings is 1. The second kappa shape index (κ2) is 4.56. The number of hydrogen-bond donors (Lipinski definition) is 3. The van der Waals surface area contributed by atoms with Crippen LogP contribution in [0.4, 0.5) is 11.4 Å². The van der Waals surface area contributed by atoms with E-state index < -0.39 is 0 Å². The molecule has 0 amide bonds. The highest BCUT2D eigenvalue weighted by molar-refractivity contribution is 5.53. The van der Waals surface area contributed by atoms with E-state index in [4.69, 9.17) is 5.11 Å². The molecule has 0 aromatic carbocycles. The van der Waals surface area contributed by atoms with Gasteiger partial charge in [0.2, 0.25) is 0 Å². The summed E-state index contributed by atoms with van der Waals surface area (Å²) >= 11 is 0. The molecule has 0 unspecified atom stereocenters. The maximum Gasteiger partial charge on any atom is 0.0604 e. The first-order valence-electron chi connectivity index (χ1n) is 3.84. The molecule has 0 fully saturated rings. The average molecular weight is 167 g/mol. The molecule has 0 spiro atoms. The Hall–Kier alpha value is -1.29. The van der Waals surface area contributed by atoms with Gasteiger partial charge < -0.3 is 15.7 Å². The maximum absolute atomic E-state index is 8.56. The van der Waals surface area contributed by atoms with E-state index in [0.717, 1.165) is 11.4 Å². The quantitative estimate of drug-likeness (QED) is 0.612. The van der Waals surface area contributed by atoms with Gasteiger partial charge in [0.15, 0.2) is 0 Å². The molecule has 0 radical (unpaired) electrons. The molecule has 0 saturated heterocycles. The lowest BCUT2D eigenvalue weighted by Gasteiger charge is -2.05. The summed E-state index contributed by atoms with van der Waals surface area (Å²) in [5, 5.41) is 14.6. The summed E-state index contributed by atoms with van der Waals surface area (Å²) in [6.07, 6.45) is 3.46. The van der Waals surface area contributed by atoms with Crippen LogP contribution in [0.15, 0.2) is 18.5 Å². The minimum Gasteiger partial charge on any atom is -0.395 e. The van der Waals surface area contributed by atoms with Gasteiger partial charge in [-0.3, -0.25) is 4.98 Å². The van der Waals surface area contributed by atoms with Gasteiger partial charge in [0.1, 0.15) is 0 Å². The summed E-state index contributed by atoms with van der Waals surface area (Å²) < 4.78 is 0. The van der Waals surface area contributed by atoms with Gasteiger partial charge in [-0.25, -0.2) is 0 Å². The third kappa shape index (κ3) is 2.39. The highest BCUT2D eigenvalue weighted by Crippen LogP contribution is 2.11. The lowest BCUT2D eigenvalue weighted by atomic mass is 10.3. The fourth-order valence-electron chi connectivity index (χ4n) is 0.874. The van der Waals surface area contributed by atoms with E-state index in [1.165, 1.54) is 0 Å². The number of nitrogens with one attached hydrogen (secondary N) is 2. The zero-order valence-corrected chi connectivity index (χ0v) is 7.04. The molecule has 0 aliphatic rings. The van der Waals surface area contributed by atoms with Gasteiger partial charge >= 0.3 is 0 Å². The van der Waals surface area contributed by atoms with Crippen molar-refractivity contribution in [3.05, 3.63) is 18.5 Å². The Morgan fingerprint density at radius 2 is 2.17 bits per heavy atom. The van der Waals surface area contributed by atoms with E-state index in [2.05, 4.69) is 15.6 Å². The van der Waals surface area contributed by atoms with Crippen molar-refractivity contribution in [2.75, 3.05) is 30.8 Å². The van der Waals surface area contributed by atoms with Crippen LogP contribution in [0.25, 0.3) is 0 Å². The molecule has 1 aromatic rings. The number of rotatable bonds is 4. The van der Waals surface area contributed by atoms with Crippen LogP contribution in [0.2, 0.25) is 0 Å². The molecule has 0 bridgehead atoms. The standard InChI is InChI=1S/C8H13N3O/c1-9-7-4-8(6-10-5-7)11-2-3-12/h4-6,9,11-12H,2-3H2,1H3. The van der Waals surface area contributed by atoms with E-state index >= 15 is 0 Å². The molecule has 0 aliphatic heterocycles. The van der Waals surface area contributed by atoms with Crippen molar-refractivity contribution < 1.29 is 5.11 Å². The van der Waals surface area contributed by atoms with Crippen molar-refractivity contribution in [1.29, 1.82) is 0 Å². The molecule has 1 heterocycles. The first-order chi connectivity index (χ1) is 5.86. The van der Waals surface area contributed by atoms with Crippen LogP contribution in [0.1, 0.15) is 0 Å². The molecular formula is C8H13N3O. The molecule has 1 aromatic heterocycles. The Labute approximate surface area is 71.6 Å². The molecule has 0 atom stereocenters. The Bertz CT molecular complexity index is 239. The summed E-state index contributed by atoms with van der Waals surface area (Å²) in [7, 11) is 1.84. The van der Waals surface area contributed by atoms with Gasteiger partial charge in [-0.1, -0.05) is 0 Å². The van der Waals surface area contributed by atoms with Crippen LogP contribution < -0.4 is 10.6 Å². The van der Waals surface area contributed by atoms with E-state index in [9.17, 15) is 0 Å². The number of hydrogen-bond acceptors (Lipinski definition) is 4. The maximum atomic E-state index is 8.56. The molecular weight excluding hydrogens is 154 g/mol. The topological polar surface area (TPSA) is 57.2 Å². The lowest BCUT2D eigenvalue weighted by Crippen LogP contribution is -2.05. The van der Waals surface area contributed by atoms with Gasteiger partial charge in [-0.05, 0) is 6.07 Å². The predicted octanol–water partition coefficient (Wildman–Crippen LogP) is 0.527. The second-order valence-electron chi connectivity index (χ2n) is 2.36. The predicted molar refractivity (Wildman–Crippen MR) is 49.4 cm³/mol. The Kier molecular flexibility index (Phi) is 3.35. The summed E-state index contributed by atoms with van der Waals surface area (Å²) in [6.45, 7) is 0.679. The first-order valence-corrected chi connectivity index (χ1v) is 3.84. The van der Waals surface area contributed by atoms with E-state index in [1.54, 1.807) is 12.4 Å². The zero-order valence-electron chi connectivity index (χ0n) is 7.04. The normalized spacial score (nSPS) is 9.50. The van der Waals surface area contributed by atoms with Crippen LogP contribution in [0.5, 0.6) is 0 Å². The molecule has 4 heteroatoms. The van der Waals surface area contributed by atoms with Crippen LogP contribution in [0.3, 0.4) is 0 Å². The van der Waals surface area contributed by atoms with Crippen LogP contribution >= 0.6 is 0 Å². The smallest absolute Gasteiger partial charge is 0.0604 e. The third-order valence-corrected chi connectivity index (χ3v) is 1.47. The van der Waals surface area contributed by atoms with Gasteiger partial charge in [0.05, 0.1) is 30.4 Å². The molecule has 1 rings (SSSR count). The molecule has 12 heavy (non-hydrogen) atoms. The zero-order chi connectivity index (χ0) is 8.81. The fourth-order valence-corrected chi connectivity index (χ4v) is 0.874. The number of anilines is 2. The Morgan fingerprint density at radius 1 is 1.42 bits per heavy atom. The first kappa shape index (κ1) is 8.80. The summed E-state index contributed by atoms with van der Waals surface area (Å²) in [6, 6.07) is 1.93. The highest BCUT2D eigenvalue weighted by Gasteiger charge is 1.92. The molecule has 66 valence electrons. The van der Waals surface area contributed by atoms with Crippen molar-refractivity contribution in [1.82, 2.24) is 4.98 Å². The Morgan fingerprint density at radius 3 is 2.83 bits per heavy atom. The largest absolute Gasteiger partial charge is 0.395 e. The number of aliphatic hydroxyl groups excluding tert-OH is 1. The van der Waals surface area contributed by atoms with Crippen molar-refractivity contribution in [3.63, 3.8) is 0 Å². The van der Waals surface area contributed by atoms with Crippen molar-refractivity contribution in [2.45, 2.75) is 0 Å². The average Bonchev–Trinajstić information content (AvgIpc) is 2.15. The molecule has 4 nitrogen and oxygen atoms in total. The van der Waals surface area contributed by atoms with Gasteiger partial charge in [-0.15, -0.1) is 0 Å². The van der Waals surface area contributed by atoms with Crippen LogP contribution in [-0.4, -0.2) is 30.3 Å². The summed E-state index contributed by atoms with van der Waals surface area (Å²) in [4.78, 5) is 4.00. The molecule has 3 N–H and O–H groups in total. The number of aromatic nitrogens is 1. The summed E-state index contributed by atoms with van der Waals surface area (Å²) in [5.41, 5.74) is 1.87. The van der Waals surface area contributed by atoms with Crippen LogP contribution in [0, 0.1) is 0 Å². The van der Waals surface area contributed by atoms with E-state index in [-0.39, 0.29) is 6.61 Å². The van der Waals surface area contributed by atoms with Crippen LogP contribution in [-0.2, 0) is 0 Å². The minimum atomic E-state index is 0.129. The van der Waals surface area contributed by atoms with Gasteiger partial charge in [-0.2, -0.15) is 0 Å². The number of aliphatic hydroxyl groups is 1. The highest BCUT2D eigenvalue weighted by atomic mass is 16.3. The van der Waals surface area contributed by atoms with Crippen molar-refractivity contribution >= 4 is 11.4 Å². The fraction of sp³-hybridized carbons (Fsp3) is 0.375. The van der Waals surface area contributed by atoms with E-state index in [1.807, 2.05) is 13.1 Å². The van der Waals surface area contributed by atoms with Crippen molar-refractivity contribution in [3.8, 4) is 0 Å². The van der Waals surface area contributed by atoms with E-state index in [0.29, 0.717) is 6.54 Å². The monoisotopic (exact) mass is 167 g/mol. The molecule has 0 aliphatic carbocycles. The van der Waals surface area contributed by atoms with Gasteiger partial charge in [0.25, 0.3) is 0 Å². The lowest BCUT2D eigenvalue weighted by molar-refractivity contribution is 0.311. The number of nitrogens with zero attached hydrogens (tertiary/aromatic N) is 1. The SMILES string of the molecule is CNc1cncc(NCCO)c1. The molecule has 0 saturated carbocycles. The van der Waals surface area contributed by atoms with Gasteiger partial charge in [0, 0.05) is 13.6 Å². The second-order valence-corrected chi connectivity index (χ2v) is 2.36. The summed E-state index contributed by atoms with van der Waals surface area (Å²) in [5.74, 6) is 0. The van der Waals surface area contributed by atoms with Crippen molar-refractivity contribution in [2.24, 2.45) is 0 Å². The Balaban J connectivity index is 2.60. The third-order valence-electron chi connectivity index (χ3n) is 1.47. The minimum absolute atomic E-state index is 0.129.